The molecule has 0 aliphatic carbocycles. The van der Waals surface area contributed by atoms with Crippen molar-refractivity contribution in [3.8, 4) is 17.0 Å². The van der Waals surface area contributed by atoms with Crippen molar-refractivity contribution in [2.75, 3.05) is 0 Å². The SMILES string of the molecule is Cc1cccc(-c2c(O)c(C(C)(C)C)nn2C(C)C)c1. The van der Waals surface area contributed by atoms with E-state index in [4.69, 9.17) is 0 Å². The van der Waals surface area contributed by atoms with Gasteiger partial charge in [0.05, 0.1) is 0 Å². The number of hydrogen-bond donors (Lipinski definition) is 1. The molecule has 1 heterocycles. The molecule has 1 aromatic carbocycles. The first kappa shape index (κ1) is 14.6. The van der Waals surface area contributed by atoms with Gasteiger partial charge < -0.3 is 5.11 Å². The van der Waals surface area contributed by atoms with Crippen molar-refractivity contribution in [3.05, 3.63) is 35.5 Å². The van der Waals surface area contributed by atoms with Gasteiger partial charge in [0.1, 0.15) is 11.4 Å². The predicted octanol–water partition coefficient (Wildman–Crippen LogP) is 4.44. The molecule has 20 heavy (non-hydrogen) atoms. The van der Waals surface area contributed by atoms with Crippen molar-refractivity contribution in [3.63, 3.8) is 0 Å². The van der Waals surface area contributed by atoms with Gasteiger partial charge in [0.2, 0.25) is 0 Å². The lowest BCUT2D eigenvalue weighted by molar-refractivity contribution is 0.445. The standard InChI is InChI=1S/C17H24N2O/c1-11(2)19-14(13-9-7-8-12(3)10-13)15(20)16(18-19)17(4,5)6/h7-11,20H,1-6H3. The molecule has 108 valence electrons. The van der Waals surface area contributed by atoms with Gasteiger partial charge in [-0.05, 0) is 26.8 Å². The van der Waals surface area contributed by atoms with Crippen LogP contribution in [0.2, 0.25) is 0 Å². The molecule has 3 heteroatoms. The summed E-state index contributed by atoms with van der Waals surface area (Å²) in [6, 6.07) is 8.38. The van der Waals surface area contributed by atoms with Crippen LogP contribution in [0.3, 0.4) is 0 Å². The van der Waals surface area contributed by atoms with E-state index in [1.165, 1.54) is 5.56 Å². The van der Waals surface area contributed by atoms with Crippen molar-refractivity contribution in [1.82, 2.24) is 9.78 Å². The predicted molar refractivity (Wildman–Crippen MR) is 83.1 cm³/mol. The average molecular weight is 272 g/mol. The Bertz CT molecular complexity index is 618. The summed E-state index contributed by atoms with van der Waals surface area (Å²) < 4.78 is 1.92. The minimum atomic E-state index is -0.178. The van der Waals surface area contributed by atoms with Gasteiger partial charge in [-0.15, -0.1) is 0 Å². The lowest BCUT2D eigenvalue weighted by Crippen LogP contribution is -2.13. The lowest BCUT2D eigenvalue weighted by atomic mass is 9.91. The number of nitrogens with zero attached hydrogens (tertiary/aromatic N) is 2. The van der Waals surface area contributed by atoms with Gasteiger partial charge >= 0.3 is 0 Å². The van der Waals surface area contributed by atoms with E-state index in [1.54, 1.807) is 0 Å². The highest BCUT2D eigenvalue weighted by molar-refractivity contribution is 5.69. The highest BCUT2D eigenvalue weighted by Crippen LogP contribution is 2.39. The van der Waals surface area contributed by atoms with E-state index < -0.39 is 0 Å². The van der Waals surface area contributed by atoms with Crippen LogP contribution in [-0.4, -0.2) is 14.9 Å². The Morgan fingerprint density at radius 3 is 2.35 bits per heavy atom. The zero-order valence-corrected chi connectivity index (χ0v) is 13.2. The molecular weight excluding hydrogens is 248 g/mol. The van der Waals surface area contributed by atoms with Crippen molar-refractivity contribution in [2.24, 2.45) is 0 Å². The van der Waals surface area contributed by atoms with Crippen LogP contribution in [0.4, 0.5) is 0 Å². The molecule has 0 aliphatic heterocycles. The van der Waals surface area contributed by atoms with E-state index in [0.717, 1.165) is 17.0 Å². The summed E-state index contributed by atoms with van der Waals surface area (Å²) in [6.07, 6.45) is 0. The molecule has 0 amide bonds. The maximum Gasteiger partial charge on any atom is 0.165 e. The average Bonchev–Trinajstić information content (AvgIpc) is 2.66. The first-order valence-electron chi connectivity index (χ1n) is 7.11. The Hall–Kier alpha value is -1.77. The van der Waals surface area contributed by atoms with E-state index in [2.05, 4.69) is 58.8 Å². The third-order valence-electron chi connectivity index (χ3n) is 3.38. The molecule has 0 aliphatic rings. The summed E-state index contributed by atoms with van der Waals surface area (Å²) in [4.78, 5) is 0. The fourth-order valence-corrected chi connectivity index (χ4v) is 2.37. The van der Waals surface area contributed by atoms with Gasteiger partial charge in [0.25, 0.3) is 0 Å². The summed E-state index contributed by atoms with van der Waals surface area (Å²) in [5.74, 6) is 0.303. The van der Waals surface area contributed by atoms with Crippen molar-refractivity contribution in [2.45, 2.75) is 53.0 Å². The molecule has 0 spiro atoms. The fourth-order valence-electron chi connectivity index (χ4n) is 2.37. The van der Waals surface area contributed by atoms with Crippen molar-refractivity contribution >= 4 is 0 Å². The van der Waals surface area contributed by atoms with Gasteiger partial charge in [-0.2, -0.15) is 5.10 Å². The van der Waals surface area contributed by atoms with Gasteiger partial charge in [-0.25, -0.2) is 0 Å². The normalized spacial score (nSPS) is 12.2. The van der Waals surface area contributed by atoms with Crippen LogP contribution in [0.5, 0.6) is 5.75 Å². The second kappa shape index (κ2) is 4.97. The Morgan fingerprint density at radius 1 is 1.20 bits per heavy atom. The van der Waals surface area contributed by atoms with E-state index in [9.17, 15) is 5.11 Å². The zero-order chi connectivity index (χ0) is 15.1. The van der Waals surface area contributed by atoms with Crippen molar-refractivity contribution in [1.29, 1.82) is 0 Å². The Balaban J connectivity index is 2.71. The Labute approximate surface area is 121 Å². The number of aromatic hydroxyl groups is 1. The van der Waals surface area contributed by atoms with Gasteiger partial charge in [0.15, 0.2) is 5.75 Å². The van der Waals surface area contributed by atoms with E-state index in [-0.39, 0.29) is 11.5 Å². The third kappa shape index (κ3) is 2.58. The molecule has 0 radical (unpaired) electrons. The maximum absolute atomic E-state index is 10.7. The van der Waals surface area contributed by atoms with Crippen LogP contribution in [0.25, 0.3) is 11.3 Å². The monoisotopic (exact) mass is 272 g/mol. The third-order valence-corrected chi connectivity index (χ3v) is 3.38. The largest absolute Gasteiger partial charge is 0.504 e. The second-order valence-electron chi connectivity index (χ2n) is 6.70. The minimum Gasteiger partial charge on any atom is -0.504 e. The molecular formula is C17H24N2O. The number of aryl methyl sites for hydroxylation is 1. The molecule has 2 rings (SSSR count). The van der Waals surface area contributed by atoms with Gasteiger partial charge in [-0.3, -0.25) is 4.68 Å². The molecule has 2 aromatic rings. The lowest BCUT2D eigenvalue weighted by Gasteiger charge is -2.15. The van der Waals surface area contributed by atoms with Crippen LogP contribution in [0.15, 0.2) is 24.3 Å². The fraction of sp³-hybridized carbons (Fsp3) is 0.471. The van der Waals surface area contributed by atoms with Gasteiger partial charge in [0, 0.05) is 17.0 Å². The molecule has 0 saturated carbocycles. The molecule has 1 N–H and O–H groups in total. The first-order chi connectivity index (χ1) is 9.21. The summed E-state index contributed by atoms with van der Waals surface area (Å²) in [6.45, 7) is 12.4. The number of rotatable bonds is 2. The van der Waals surface area contributed by atoms with E-state index in [1.807, 2.05) is 16.8 Å². The van der Waals surface area contributed by atoms with E-state index in [0.29, 0.717) is 5.75 Å². The highest BCUT2D eigenvalue weighted by Gasteiger charge is 2.28. The topological polar surface area (TPSA) is 38.1 Å². The summed E-state index contributed by atoms with van der Waals surface area (Å²) >= 11 is 0. The molecule has 0 bridgehead atoms. The van der Waals surface area contributed by atoms with Crippen LogP contribution in [0.1, 0.15) is 51.9 Å². The van der Waals surface area contributed by atoms with Crippen LogP contribution in [0, 0.1) is 6.92 Å². The molecule has 0 fully saturated rings. The number of aromatic nitrogens is 2. The summed E-state index contributed by atoms with van der Waals surface area (Å²) in [5, 5.41) is 15.3. The van der Waals surface area contributed by atoms with Crippen LogP contribution >= 0.6 is 0 Å². The van der Waals surface area contributed by atoms with Crippen LogP contribution < -0.4 is 0 Å². The Kier molecular flexibility index (Phi) is 3.63. The first-order valence-corrected chi connectivity index (χ1v) is 7.11. The summed E-state index contributed by atoms with van der Waals surface area (Å²) in [7, 11) is 0. The quantitative estimate of drug-likeness (QED) is 0.877. The minimum absolute atomic E-state index is 0.178. The van der Waals surface area contributed by atoms with Gasteiger partial charge in [-0.1, -0.05) is 44.5 Å². The smallest absolute Gasteiger partial charge is 0.165 e. The summed E-state index contributed by atoms with van der Waals surface area (Å²) in [5.41, 5.74) is 3.58. The van der Waals surface area contributed by atoms with E-state index >= 15 is 0 Å². The van der Waals surface area contributed by atoms with Crippen molar-refractivity contribution < 1.29 is 5.11 Å². The molecule has 3 nitrogen and oxygen atoms in total. The van der Waals surface area contributed by atoms with Crippen LogP contribution in [-0.2, 0) is 5.41 Å². The molecule has 0 unspecified atom stereocenters. The molecule has 0 atom stereocenters. The maximum atomic E-state index is 10.7. The molecule has 0 saturated heterocycles. The second-order valence-corrected chi connectivity index (χ2v) is 6.70. The zero-order valence-electron chi connectivity index (χ0n) is 13.2. The Morgan fingerprint density at radius 2 is 1.85 bits per heavy atom. The number of benzene rings is 1. The molecule has 1 aromatic heterocycles. The number of hydrogen-bond acceptors (Lipinski definition) is 2. The highest BCUT2D eigenvalue weighted by atomic mass is 16.3.